The Morgan fingerprint density at radius 3 is 1.51 bits per heavy atom. The van der Waals surface area contributed by atoms with Crippen molar-refractivity contribution in [3.8, 4) is 0 Å². The Kier molecular flexibility index (Phi) is 23.2. The van der Waals surface area contributed by atoms with Crippen molar-refractivity contribution in [1.82, 2.24) is 8.56 Å². The Bertz CT molecular complexity index is 582. The lowest BCUT2D eigenvalue weighted by Crippen LogP contribution is -2.27. The van der Waals surface area contributed by atoms with E-state index in [0.717, 1.165) is 96.3 Å². The van der Waals surface area contributed by atoms with E-state index < -0.39 is 24.6 Å². The van der Waals surface area contributed by atoms with E-state index in [2.05, 4.69) is 34.6 Å². The number of halogens is 1. The van der Waals surface area contributed by atoms with Gasteiger partial charge < -0.3 is 18.1 Å². The summed E-state index contributed by atoms with van der Waals surface area (Å²) in [6, 6.07) is 0. The number of rotatable bonds is 25. The molecular formula is C25H55ClN3O5P3. The van der Waals surface area contributed by atoms with E-state index in [0.29, 0.717) is 33.0 Å². The third-order valence-electron chi connectivity index (χ3n) is 5.71. The fourth-order valence-corrected chi connectivity index (χ4v) is 12.1. The average molecular weight is 606 g/mol. The third kappa shape index (κ3) is 14.5. The van der Waals surface area contributed by atoms with Gasteiger partial charge in [0.1, 0.15) is 0 Å². The highest BCUT2D eigenvalue weighted by Crippen LogP contribution is 2.80. The lowest BCUT2D eigenvalue weighted by molar-refractivity contribution is -0.0330. The predicted octanol–water partition coefficient (Wildman–Crippen LogP) is 11.1. The number of hydrogen-bond acceptors (Lipinski definition) is 8. The minimum atomic E-state index is -2.96. The van der Waals surface area contributed by atoms with E-state index in [1.54, 1.807) is 3.96 Å². The van der Waals surface area contributed by atoms with Gasteiger partial charge in [0.15, 0.2) is 0 Å². The van der Waals surface area contributed by atoms with Gasteiger partial charge in [0.25, 0.3) is 8.45 Å². The van der Waals surface area contributed by atoms with Crippen LogP contribution in [0, 0.1) is 0 Å². The Balaban J connectivity index is 3.27. The van der Waals surface area contributed by atoms with Gasteiger partial charge in [0, 0.05) is 0 Å². The summed E-state index contributed by atoms with van der Waals surface area (Å²) < 4.78 is 34.3. The highest BCUT2D eigenvalue weighted by molar-refractivity contribution is 7.79. The predicted molar refractivity (Wildman–Crippen MR) is 160 cm³/mol. The van der Waals surface area contributed by atoms with Gasteiger partial charge in [-0.1, -0.05) is 107 Å². The molecule has 222 valence electrons. The van der Waals surface area contributed by atoms with Crippen molar-refractivity contribution in [3.63, 3.8) is 0 Å². The van der Waals surface area contributed by atoms with Crippen molar-refractivity contribution in [2.24, 2.45) is 4.52 Å². The highest BCUT2D eigenvalue weighted by atomic mass is 35.5. The molecule has 0 saturated heterocycles. The molecule has 12 heteroatoms. The van der Waals surface area contributed by atoms with Crippen LogP contribution < -0.4 is 0 Å². The molecule has 37 heavy (non-hydrogen) atoms. The van der Waals surface area contributed by atoms with Crippen LogP contribution in [0.3, 0.4) is 0 Å². The van der Waals surface area contributed by atoms with Crippen LogP contribution in [0.4, 0.5) is 0 Å². The molecule has 0 aromatic heterocycles. The van der Waals surface area contributed by atoms with Crippen LogP contribution in [0.25, 0.3) is 0 Å². The molecule has 1 rings (SSSR count). The van der Waals surface area contributed by atoms with E-state index in [-0.39, 0.29) is 0 Å². The monoisotopic (exact) mass is 605 g/mol. The van der Waals surface area contributed by atoms with Crippen molar-refractivity contribution in [2.75, 3.05) is 33.0 Å². The molecule has 0 N–H and O–H groups in total. The van der Waals surface area contributed by atoms with Crippen LogP contribution >= 0.6 is 36.3 Å². The Hall–Kier alpha value is 1.10. The standard InChI is InChI=1S/C25H55ClN3O5P3/c1-6-11-16-21-30-29-35(31-22-17-12-7-2)27-37(33-24-19-14-9-4,34-25-20-15-10-5)28(26)36(29)32-23-18-13-8-3/h6-25H2,1-5H3. The smallest absolute Gasteiger partial charge is 0.318 e. The molecule has 0 saturated carbocycles. The largest absolute Gasteiger partial charge is 0.329 e. The molecule has 8 nitrogen and oxygen atoms in total. The second kappa shape index (κ2) is 23.8. The molecule has 1 aliphatic heterocycles. The summed E-state index contributed by atoms with van der Waals surface area (Å²) in [6.45, 7) is 13.9. The highest BCUT2D eigenvalue weighted by Gasteiger charge is 2.50. The fourth-order valence-electron chi connectivity index (χ4n) is 3.41. The maximum absolute atomic E-state index is 7.10. The molecule has 0 aromatic carbocycles. The zero-order valence-electron chi connectivity index (χ0n) is 24.2. The van der Waals surface area contributed by atoms with Crippen molar-refractivity contribution < 1.29 is 22.9 Å². The molecule has 1 aliphatic rings. The normalized spacial score (nSPS) is 20.4. The number of hydrogen-bond donors (Lipinski definition) is 0. The van der Waals surface area contributed by atoms with Crippen LogP contribution in [0.2, 0.25) is 0 Å². The minimum Gasteiger partial charge on any atom is -0.329 e. The second-order valence-electron chi connectivity index (χ2n) is 9.28. The van der Waals surface area contributed by atoms with E-state index in [1.165, 1.54) is 0 Å². The molecule has 0 bridgehead atoms. The summed E-state index contributed by atoms with van der Waals surface area (Å²) in [7, 11) is -5.96. The first-order chi connectivity index (χ1) is 18.1. The maximum Gasteiger partial charge on any atom is 0.318 e. The van der Waals surface area contributed by atoms with Crippen LogP contribution in [-0.4, -0.2) is 41.6 Å². The fraction of sp³-hybridized carbons (Fsp3) is 1.00. The minimum absolute atomic E-state index is 0.553. The van der Waals surface area contributed by atoms with E-state index >= 15 is 0 Å². The van der Waals surface area contributed by atoms with Crippen LogP contribution in [0.5, 0.6) is 0 Å². The van der Waals surface area contributed by atoms with Gasteiger partial charge in [0.05, 0.1) is 33.0 Å². The van der Waals surface area contributed by atoms with Crippen LogP contribution in [0.1, 0.15) is 131 Å². The van der Waals surface area contributed by atoms with Gasteiger partial charge in [0.2, 0.25) is 8.45 Å². The first-order valence-corrected chi connectivity index (χ1v) is 19.0. The molecule has 2 atom stereocenters. The van der Waals surface area contributed by atoms with Crippen molar-refractivity contribution in [3.05, 3.63) is 0 Å². The quantitative estimate of drug-likeness (QED) is 0.0582. The van der Waals surface area contributed by atoms with Gasteiger partial charge in [-0.05, 0) is 43.9 Å². The Labute approximate surface area is 236 Å². The van der Waals surface area contributed by atoms with E-state index in [4.69, 9.17) is 39.2 Å². The molecular weight excluding hydrogens is 551 g/mol. The lowest BCUT2D eigenvalue weighted by atomic mass is 10.3. The topological polar surface area (TPSA) is 65.0 Å². The maximum atomic E-state index is 7.10. The van der Waals surface area contributed by atoms with Gasteiger partial charge >= 0.3 is 7.66 Å². The average Bonchev–Trinajstić information content (AvgIpc) is 2.90. The molecule has 0 aliphatic carbocycles. The van der Waals surface area contributed by atoms with Crippen molar-refractivity contribution in [2.45, 2.75) is 131 Å². The summed E-state index contributed by atoms with van der Waals surface area (Å²) in [5, 5.41) is 0. The molecule has 0 aromatic rings. The van der Waals surface area contributed by atoms with Gasteiger partial charge in [-0.3, -0.25) is 4.84 Å². The first kappa shape index (κ1) is 36.1. The number of unbranched alkanes of at least 4 members (excludes halogenated alkanes) is 10. The summed E-state index contributed by atoms with van der Waals surface area (Å²) in [6.07, 6.45) is 16.0. The van der Waals surface area contributed by atoms with Crippen molar-refractivity contribution in [1.29, 1.82) is 0 Å². The Morgan fingerprint density at radius 2 is 1.03 bits per heavy atom. The summed E-state index contributed by atoms with van der Waals surface area (Å²) in [5.41, 5.74) is 0. The number of nitrogens with zero attached hydrogens (tertiary/aromatic N) is 3. The van der Waals surface area contributed by atoms with Gasteiger partial charge in [-0.2, -0.15) is 4.52 Å². The molecule has 1 heterocycles. The van der Waals surface area contributed by atoms with Crippen LogP contribution in [0.15, 0.2) is 4.52 Å². The lowest BCUT2D eigenvalue weighted by Gasteiger charge is -2.43. The molecule has 2 unspecified atom stereocenters. The van der Waals surface area contributed by atoms with E-state index in [9.17, 15) is 0 Å². The SMILES string of the molecule is CCCCCON1P(OCCCCC)N=P(OCCCCC)(OCCCCC)N(Cl)P1OCCCCC. The third-order valence-corrected chi connectivity index (χ3v) is 13.6. The molecule has 0 radical (unpaired) electrons. The summed E-state index contributed by atoms with van der Waals surface area (Å²) in [5.74, 6) is 0. The molecule has 0 fully saturated rings. The second-order valence-corrected chi connectivity index (χ2v) is 16.0. The van der Waals surface area contributed by atoms with Gasteiger partial charge in [-0.15, -0.1) is 0 Å². The molecule has 0 spiro atoms. The van der Waals surface area contributed by atoms with Crippen LogP contribution in [-0.2, 0) is 22.9 Å². The van der Waals surface area contributed by atoms with Crippen molar-refractivity contribution >= 4 is 36.3 Å². The van der Waals surface area contributed by atoms with Gasteiger partial charge in [-0.25, -0.2) is 0 Å². The Morgan fingerprint density at radius 1 is 0.595 bits per heavy atom. The zero-order chi connectivity index (χ0) is 27.2. The first-order valence-electron chi connectivity index (χ1n) is 14.8. The zero-order valence-corrected chi connectivity index (χ0v) is 27.7. The molecule has 0 amide bonds. The van der Waals surface area contributed by atoms with E-state index in [1.807, 2.05) is 4.60 Å². The summed E-state index contributed by atoms with van der Waals surface area (Å²) in [4.78, 5) is 6.30. The summed E-state index contributed by atoms with van der Waals surface area (Å²) >= 11 is 7.10.